The SMILES string of the molecule is CNC1CCC(C)CC1CN1CCCC(C)(C)C1. The van der Waals surface area contributed by atoms with E-state index in [4.69, 9.17) is 0 Å². The lowest BCUT2D eigenvalue weighted by atomic mass is 9.77. The number of nitrogens with zero attached hydrogens (tertiary/aromatic N) is 1. The van der Waals surface area contributed by atoms with E-state index in [1.165, 1.54) is 51.7 Å². The molecule has 2 heteroatoms. The van der Waals surface area contributed by atoms with E-state index in [2.05, 4.69) is 38.0 Å². The van der Waals surface area contributed by atoms with Gasteiger partial charge in [-0.2, -0.15) is 0 Å². The molecule has 1 aliphatic carbocycles. The lowest BCUT2D eigenvalue weighted by molar-refractivity contribution is 0.0780. The summed E-state index contributed by atoms with van der Waals surface area (Å²) in [4.78, 5) is 2.73. The molecule has 2 rings (SSSR count). The van der Waals surface area contributed by atoms with Crippen LogP contribution in [0.4, 0.5) is 0 Å². The first kappa shape index (κ1) is 14.3. The number of nitrogens with one attached hydrogen (secondary N) is 1. The van der Waals surface area contributed by atoms with Crippen LogP contribution in [0.25, 0.3) is 0 Å². The van der Waals surface area contributed by atoms with E-state index in [1.54, 1.807) is 0 Å². The zero-order valence-corrected chi connectivity index (χ0v) is 12.8. The van der Waals surface area contributed by atoms with Gasteiger partial charge in [0.05, 0.1) is 0 Å². The van der Waals surface area contributed by atoms with E-state index < -0.39 is 0 Å². The van der Waals surface area contributed by atoms with E-state index in [-0.39, 0.29) is 0 Å². The van der Waals surface area contributed by atoms with Gasteiger partial charge < -0.3 is 10.2 Å². The predicted octanol–water partition coefficient (Wildman–Crippen LogP) is 3.13. The van der Waals surface area contributed by atoms with Crippen molar-refractivity contribution in [1.29, 1.82) is 0 Å². The monoisotopic (exact) mass is 252 g/mol. The first-order chi connectivity index (χ1) is 8.50. The standard InChI is InChI=1S/C16H32N2/c1-13-6-7-15(17-4)14(10-13)11-18-9-5-8-16(2,3)12-18/h13-15,17H,5-12H2,1-4H3. The summed E-state index contributed by atoms with van der Waals surface area (Å²) in [5, 5.41) is 3.56. The van der Waals surface area contributed by atoms with Crippen molar-refractivity contribution in [3.8, 4) is 0 Å². The molecule has 1 aliphatic heterocycles. The molecule has 3 atom stereocenters. The maximum Gasteiger partial charge on any atom is 0.0105 e. The molecule has 1 saturated carbocycles. The summed E-state index contributed by atoms with van der Waals surface area (Å²) in [5.41, 5.74) is 0.535. The Labute approximate surface area is 114 Å². The lowest BCUT2D eigenvalue weighted by Gasteiger charge is -2.43. The van der Waals surface area contributed by atoms with Gasteiger partial charge in [0, 0.05) is 19.1 Å². The Hall–Kier alpha value is -0.0800. The van der Waals surface area contributed by atoms with Crippen molar-refractivity contribution in [3.63, 3.8) is 0 Å². The minimum atomic E-state index is 0.535. The van der Waals surface area contributed by atoms with Gasteiger partial charge in [-0.25, -0.2) is 0 Å². The number of hydrogen-bond acceptors (Lipinski definition) is 2. The fourth-order valence-corrected chi connectivity index (χ4v) is 4.11. The van der Waals surface area contributed by atoms with E-state index in [9.17, 15) is 0 Å². The highest BCUT2D eigenvalue weighted by Crippen LogP contribution is 2.33. The van der Waals surface area contributed by atoms with Crippen LogP contribution in [0.15, 0.2) is 0 Å². The van der Waals surface area contributed by atoms with Crippen LogP contribution in [-0.2, 0) is 0 Å². The third-order valence-electron chi connectivity index (χ3n) is 5.09. The fraction of sp³-hybridized carbons (Fsp3) is 1.00. The average molecular weight is 252 g/mol. The Kier molecular flexibility index (Phi) is 4.71. The van der Waals surface area contributed by atoms with Crippen LogP contribution >= 0.6 is 0 Å². The molecular formula is C16H32N2. The second-order valence-corrected chi connectivity index (χ2v) is 7.58. The van der Waals surface area contributed by atoms with Gasteiger partial charge in [-0.05, 0) is 62.9 Å². The van der Waals surface area contributed by atoms with Crippen molar-refractivity contribution in [1.82, 2.24) is 10.2 Å². The Bertz CT molecular complexity index is 262. The number of hydrogen-bond donors (Lipinski definition) is 1. The average Bonchev–Trinajstić information content (AvgIpc) is 2.28. The van der Waals surface area contributed by atoms with Gasteiger partial charge in [0.1, 0.15) is 0 Å². The van der Waals surface area contributed by atoms with Crippen LogP contribution in [0.5, 0.6) is 0 Å². The molecule has 2 fully saturated rings. The molecular weight excluding hydrogens is 220 g/mol. The molecule has 0 bridgehead atoms. The van der Waals surface area contributed by atoms with Crippen molar-refractivity contribution < 1.29 is 0 Å². The highest BCUT2D eigenvalue weighted by molar-refractivity contribution is 4.87. The van der Waals surface area contributed by atoms with Crippen LogP contribution in [0.2, 0.25) is 0 Å². The van der Waals surface area contributed by atoms with Crippen molar-refractivity contribution in [2.24, 2.45) is 17.3 Å². The maximum absolute atomic E-state index is 3.56. The zero-order chi connectivity index (χ0) is 13.2. The van der Waals surface area contributed by atoms with Crippen LogP contribution in [-0.4, -0.2) is 37.6 Å². The first-order valence-corrected chi connectivity index (χ1v) is 7.90. The molecule has 0 radical (unpaired) electrons. The van der Waals surface area contributed by atoms with Gasteiger partial charge in [-0.15, -0.1) is 0 Å². The largest absolute Gasteiger partial charge is 0.317 e. The van der Waals surface area contributed by atoms with Crippen LogP contribution in [0.3, 0.4) is 0 Å². The Morgan fingerprint density at radius 3 is 2.72 bits per heavy atom. The molecule has 0 aromatic heterocycles. The second-order valence-electron chi connectivity index (χ2n) is 7.58. The molecule has 0 amide bonds. The van der Waals surface area contributed by atoms with Gasteiger partial charge >= 0.3 is 0 Å². The summed E-state index contributed by atoms with van der Waals surface area (Å²) in [7, 11) is 2.15. The Balaban J connectivity index is 1.90. The molecule has 1 heterocycles. The minimum Gasteiger partial charge on any atom is -0.317 e. The van der Waals surface area contributed by atoms with Crippen molar-refractivity contribution in [2.75, 3.05) is 26.7 Å². The molecule has 2 aliphatic rings. The maximum atomic E-state index is 3.56. The van der Waals surface area contributed by atoms with Gasteiger partial charge in [0.2, 0.25) is 0 Å². The van der Waals surface area contributed by atoms with E-state index in [0.717, 1.165) is 17.9 Å². The second kappa shape index (κ2) is 5.92. The summed E-state index contributed by atoms with van der Waals surface area (Å²) in [5.74, 6) is 1.80. The molecule has 2 nitrogen and oxygen atoms in total. The number of rotatable bonds is 3. The smallest absolute Gasteiger partial charge is 0.0105 e. The van der Waals surface area contributed by atoms with Crippen molar-refractivity contribution in [3.05, 3.63) is 0 Å². The van der Waals surface area contributed by atoms with Crippen LogP contribution in [0, 0.1) is 17.3 Å². The quantitative estimate of drug-likeness (QED) is 0.830. The molecule has 1 N–H and O–H groups in total. The third kappa shape index (κ3) is 3.71. The normalized spacial score (nSPS) is 37.7. The lowest BCUT2D eigenvalue weighted by Crippen LogP contribution is -2.48. The molecule has 18 heavy (non-hydrogen) atoms. The number of piperidine rings is 1. The van der Waals surface area contributed by atoms with E-state index >= 15 is 0 Å². The summed E-state index contributed by atoms with van der Waals surface area (Å²) in [6.45, 7) is 11.2. The van der Waals surface area contributed by atoms with Crippen LogP contribution in [0.1, 0.15) is 52.9 Å². The Morgan fingerprint density at radius 2 is 2.06 bits per heavy atom. The van der Waals surface area contributed by atoms with Crippen LogP contribution < -0.4 is 5.32 Å². The molecule has 0 aromatic carbocycles. The van der Waals surface area contributed by atoms with Gasteiger partial charge in [0.15, 0.2) is 0 Å². The topological polar surface area (TPSA) is 15.3 Å². The Morgan fingerprint density at radius 1 is 1.28 bits per heavy atom. The summed E-state index contributed by atoms with van der Waals surface area (Å²) >= 11 is 0. The predicted molar refractivity (Wildman–Crippen MR) is 78.8 cm³/mol. The summed E-state index contributed by atoms with van der Waals surface area (Å²) in [6, 6.07) is 0.756. The third-order valence-corrected chi connectivity index (χ3v) is 5.09. The highest BCUT2D eigenvalue weighted by atomic mass is 15.1. The molecule has 106 valence electrons. The molecule has 1 saturated heterocycles. The highest BCUT2D eigenvalue weighted by Gasteiger charge is 2.32. The molecule has 3 unspecified atom stereocenters. The number of likely N-dealkylation sites (tertiary alicyclic amines) is 1. The molecule has 0 aromatic rings. The minimum absolute atomic E-state index is 0.535. The van der Waals surface area contributed by atoms with Crippen molar-refractivity contribution >= 4 is 0 Å². The van der Waals surface area contributed by atoms with E-state index in [0.29, 0.717) is 5.41 Å². The van der Waals surface area contributed by atoms with Gasteiger partial charge in [-0.3, -0.25) is 0 Å². The fourth-order valence-electron chi connectivity index (χ4n) is 4.11. The van der Waals surface area contributed by atoms with Crippen molar-refractivity contribution in [2.45, 2.75) is 58.9 Å². The molecule has 0 spiro atoms. The van der Waals surface area contributed by atoms with Gasteiger partial charge in [0.25, 0.3) is 0 Å². The first-order valence-electron chi connectivity index (χ1n) is 7.90. The summed E-state index contributed by atoms with van der Waals surface area (Å²) in [6.07, 6.45) is 7.00. The summed E-state index contributed by atoms with van der Waals surface area (Å²) < 4.78 is 0. The van der Waals surface area contributed by atoms with Gasteiger partial charge in [-0.1, -0.05) is 20.8 Å². The van der Waals surface area contributed by atoms with E-state index in [1.807, 2.05) is 0 Å². The zero-order valence-electron chi connectivity index (χ0n) is 12.8.